The second-order valence-corrected chi connectivity index (χ2v) is 3.31. The molecule has 0 aliphatic carbocycles. The van der Waals surface area contributed by atoms with Gasteiger partial charge in [-0.1, -0.05) is 44.2 Å². The quantitative estimate of drug-likeness (QED) is 0.623. The molecule has 14 heavy (non-hydrogen) atoms. The van der Waals surface area contributed by atoms with Gasteiger partial charge in [0.1, 0.15) is 12.4 Å². The van der Waals surface area contributed by atoms with Gasteiger partial charge in [-0.15, -0.1) is 0 Å². The first-order chi connectivity index (χ1) is 6.88. The van der Waals surface area contributed by atoms with Crippen molar-refractivity contribution in [2.75, 3.05) is 6.61 Å². The third-order valence-electron chi connectivity index (χ3n) is 2.13. The second-order valence-electron chi connectivity index (χ2n) is 3.31. The zero-order valence-corrected chi connectivity index (χ0v) is 8.83. The van der Waals surface area contributed by atoms with Gasteiger partial charge in [0.25, 0.3) is 0 Å². The Kier molecular flexibility index (Phi) is 4.84. The maximum absolute atomic E-state index is 5.57. The fourth-order valence-corrected chi connectivity index (χ4v) is 1.37. The highest BCUT2D eigenvalue weighted by Crippen LogP contribution is 2.19. The summed E-state index contributed by atoms with van der Waals surface area (Å²) in [7, 11) is 0. The summed E-state index contributed by atoms with van der Waals surface area (Å²) in [4.78, 5) is 0. The van der Waals surface area contributed by atoms with Crippen LogP contribution in [0, 0.1) is 0 Å². The summed E-state index contributed by atoms with van der Waals surface area (Å²) in [5.41, 5.74) is 1.30. The molecule has 0 fully saturated rings. The molecule has 76 valence electrons. The van der Waals surface area contributed by atoms with Gasteiger partial charge in [0.2, 0.25) is 0 Å². The van der Waals surface area contributed by atoms with Crippen LogP contribution in [0.4, 0.5) is 0 Å². The van der Waals surface area contributed by atoms with Crippen LogP contribution in [-0.4, -0.2) is 6.61 Å². The Morgan fingerprint density at radius 1 is 1.36 bits per heavy atom. The Morgan fingerprint density at radius 3 is 2.86 bits per heavy atom. The van der Waals surface area contributed by atoms with Crippen LogP contribution < -0.4 is 4.74 Å². The van der Waals surface area contributed by atoms with Crippen LogP contribution in [0.2, 0.25) is 0 Å². The van der Waals surface area contributed by atoms with Crippen molar-refractivity contribution in [3.8, 4) is 5.75 Å². The number of unbranched alkanes of at least 4 members (excludes halogenated alkanes) is 1. The first-order valence-electron chi connectivity index (χ1n) is 5.20. The van der Waals surface area contributed by atoms with Crippen molar-refractivity contribution >= 4 is 0 Å². The first kappa shape index (κ1) is 10.8. The molecule has 0 N–H and O–H groups in total. The van der Waals surface area contributed by atoms with Crippen molar-refractivity contribution in [3.63, 3.8) is 0 Å². The molecule has 1 aromatic carbocycles. The summed E-state index contributed by atoms with van der Waals surface area (Å²) in [6, 6.07) is 8.22. The molecular formula is C13H18O. The fraction of sp³-hybridized carbons (Fsp3) is 0.385. The maximum atomic E-state index is 5.57. The fourth-order valence-electron chi connectivity index (χ4n) is 1.37. The molecule has 0 aromatic heterocycles. The minimum Gasteiger partial charge on any atom is -0.489 e. The van der Waals surface area contributed by atoms with E-state index >= 15 is 0 Å². The summed E-state index contributed by atoms with van der Waals surface area (Å²) in [6.07, 6.45) is 5.31. The molecule has 1 heteroatoms. The molecule has 0 bridgehead atoms. The molecule has 1 nitrogen and oxygen atoms in total. The number of hydrogen-bond acceptors (Lipinski definition) is 1. The van der Waals surface area contributed by atoms with E-state index in [1.54, 1.807) is 6.08 Å². The Bertz CT molecular complexity index is 278. The predicted octanol–water partition coefficient (Wildman–Crippen LogP) is 3.59. The van der Waals surface area contributed by atoms with E-state index in [0.29, 0.717) is 6.61 Å². The number of ether oxygens (including phenoxy) is 1. The van der Waals surface area contributed by atoms with Gasteiger partial charge in [0.05, 0.1) is 0 Å². The van der Waals surface area contributed by atoms with Gasteiger partial charge in [0.15, 0.2) is 0 Å². The number of hydrogen-bond donors (Lipinski definition) is 0. The van der Waals surface area contributed by atoms with Crippen LogP contribution in [0.5, 0.6) is 5.75 Å². The summed E-state index contributed by atoms with van der Waals surface area (Å²) in [6.45, 7) is 6.43. The molecule has 0 aliphatic rings. The highest BCUT2D eigenvalue weighted by atomic mass is 16.5. The highest BCUT2D eigenvalue weighted by molar-refractivity contribution is 5.33. The van der Waals surface area contributed by atoms with Crippen molar-refractivity contribution in [3.05, 3.63) is 42.5 Å². The molecule has 0 spiro atoms. The smallest absolute Gasteiger partial charge is 0.122 e. The lowest BCUT2D eigenvalue weighted by Crippen LogP contribution is -1.97. The lowest BCUT2D eigenvalue weighted by atomic mass is 10.1. The molecule has 1 aromatic rings. The van der Waals surface area contributed by atoms with E-state index in [4.69, 9.17) is 4.74 Å². The van der Waals surface area contributed by atoms with Crippen molar-refractivity contribution in [2.24, 2.45) is 0 Å². The highest BCUT2D eigenvalue weighted by Gasteiger charge is 2.00. The van der Waals surface area contributed by atoms with Crippen LogP contribution in [0.1, 0.15) is 25.3 Å². The zero-order chi connectivity index (χ0) is 10.2. The van der Waals surface area contributed by atoms with Crippen LogP contribution in [0.3, 0.4) is 0 Å². The zero-order valence-electron chi connectivity index (χ0n) is 8.83. The van der Waals surface area contributed by atoms with Crippen LogP contribution in [0.15, 0.2) is 36.9 Å². The number of para-hydroxylation sites is 1. The molecule has 1 rings (SSSR count). The van der Waals surface area contributed by atoms with E-state index in [1.165, 1.54) is 18.4 Å². The average Bonchev–Trinajstić information content (AvgIpc) is 2.24. The van der Waals surface area contributed by atoms with Gasteiger partial charge in [0, 0.05) is 0 Å². The topological polar surface area (TPSA) is 9.23 Å². The summed E-state index contributed by atoms with van der Waals surface area (Å²) < 4.78 is 5.57. The van der Waals surface area contributed by atoms with Crippen LogP contribution in [0.25, 0.3) is 0 Å². The van der Waals surface area contributed by atoms with Gasteiger partial charge in [-0.05, 0) is 24.5 Å². The number of rotatable bonds is 6. The third-order valence-corrected chi connectivity index (χ3v) is 2.13. The second kappa shape index (κ2) is 6.25. The molecule has 0 saturated carbocycles. The Labute approximate surface area is 86.4 Å². The molecule has 0 aliphatic heterocycles. The Hall–Kier alpha value is -1.24. The molecule has 0 amide bonds. The minimum absolute atomic E-state index is 0.586. The number of aryl methyl sites for hydroxylation is 1. The van der Waals surface area contributed by atoms with Crippen molar-refractivity contribution in [2.45, 2.75) is 26.2 Å². The Morgan fingerprint density at radius 2 is 2.14 bits per heavy atom. The van der Waals surface area contributed by atoms with E-state index in [9.17, 15) is 0 Å². The van der Waals surface area contributed by atoms with Crippen molar-refractivity contribution in [1.82, 2.24) is 0 Å². The monoisotopic (exact) mass is 190 g/mol. The Balaban J connectivity index is 2.64. The average molecular weight is 190 g/mol. The van der Waals surface area contributed by atoms with Crippen LogP contribution in [-0.2, 0) is 6.42 Å². The van der Waals surface area contributed by atoms with E-state index in [0.717, 1.165) is 12.2 Å². The molecule has 0 unspecified atom stereocenters. The van der Waals surface area contributed by atoms with Crippen LogP contribution >= 0.6 is 0 Å². The van der Waals surface area contributed by atoms with E-state index < -0.39 is 0 Å². The van der Waals surface area contributed by atoms with E-state index in [2.05, 4.69) is 25.6 Å². The SMILES string of the molecule is C=CCOc1ccccc1CCCC. The van der Waals surface area contributed by atoms with Gasteiger partial charge in [-0.2, -0.15) is 0 Å². The summed E-state index contributed by atoms with van der Waals surface area (Å²) in [5, 5.41) is 0. The molecule has 0 heterocycles. The van der Waals surface area contributed by atoms with Gasteiger partial charge in [-0.3, -0.25) is 0 Å². The number of benzene rings is 1. The molecule has 0 atom stereocenters. The predicted molar refractivity (Wildman–Crippen MR) is 60.7 cm³/mol. The lowest BCUT2D eigenvalue weighted by Gasteiger charge is -2.09. The van der Waals surface area contributed by atoms with Gasteiger partial charge >= 0.3 is 0 Å². The molecule has 0 saturated heterocycles. The summed E-state index contributed by atoms with van der Waals surface area (Å²) >= 11 is 0. The van der Waals surface area contributed by atoms with E-state index in [1.807, 2.05) is 12.1 Å². The minimum atomic E-state index is 0.586. The standard InChI is InChI=1S/C13H18O/c1-3-5-8-12-9-6-7-10-13(12)14-11-4-2/h4,6-7,9-10H,2-3,5,8,11H2,1H3. The van der Waals surface area contributed by atoms with Gasteiger partial charge in [-0.25, -0.2) is 0 Å². The largest absolute Gasteiger partial charge is 0.489 e. The summed E-state index contributed by atoms with van der Waals surface area (Å²) in [5.74, 6) is 1.00. The van der Waals surface area contributed by atoms with E-state index in [-0.39, 0.29) is 0 Å². The third kappa shape index (κ3) is 3.25. The lowest BCUT2D eigenvalue weighted by molar-refractivity contribution is 0.358. The van der Waals surface area contributed by atoms with Crippen molar-refractivity contribution in [1.29, 1.82) is 0 Å². The van der Waals surface area contributed by atoms with Crippen molar-refractivity contribution < 1.29 is 4.74 Å². The first-order valence-corrected chi connectivity index (χ1v) is 5.20. The maximum Gasteiger partial charge on any atom is 0.122 e. The molecular weight excluding hydrogens is 172 g/mol. The molecule has 0 radical (unpaired) electrons. The normalized spacial score (nSPS) is 9.79. The van der Waals surface area contributed by atoms with Gasteiger partial charge < -0.3 is 4.74 Å².